The Morgan fingerprint density at radius 1 is 1.24 bits per heavy atom. The Morgan fingerprint density at radius 3 is 2.47 bits per heavy atom. The van der Waals surface area contributed by atoms with Crippen molar-refractivity contribution < 1.29 is 4.79 Å². The van der Waals surface area contributed by atoms with Crippen LogP contribution in [0.3, 0.4) is 0 Å². The largest absolute Gasteiger partial charge is 0.355 e. The molecule has 1 heterocycles. The number of aromatic nitrogens is 2. The van der Waals surface area contributed by atoms with Gasteiger partial charge in [0.25, 0.3) is 5.91 Å². The molecule has 2 rings (SSSR count). The maximum absolute atomic E-state index is 11.6. The van der Waals surface area contributed by atoms with Crippen LogP contribution in [0.4, 0.5) is 0 Å². The zero-order valence-electron chi connectivity index (χ0n) is 10.2. The summed E-state index contributed by atoms with van der Waals surface area (Å²) in [5.41, 5.74) is 3.61. The first-order valence-corrected chi connectivity index (χ1v) is 5.47. The number of rotatable bonds is 2. The van der Waals surface area contributed by atoms with E-state index in [0.717, 1.165) is 11.4 Å². The highest BCUT2D eigenvalue weighted by Crippen LogP contribution is 2.14. The van der Waals surface area contributed by atoms with Gasteiger partial charge in [-0.25, -0.2) is 4.68 Å². The fraction of sp³-hybridized carbons (Fsp3) is 0.231. The summed E-state index contributed by atoms with van der Waals surface area (Å²) in [6, 6.07) is 8.03. The smallest absolute Gasteiger partial charge is 0.254 e. The summed E-state index contributed by atoms with van der Waals surface area (Å²) in [6.45, 7) is 3.92. The molecule has 1 N–H and O–H groups in total. The van der Waals surface area contributed by atoms with Gasteiger partial charge in [0.2, 0.25) is 0 Å². The van der Waals surface area contributed by atoms with E-state index in [9.17, 15) is 4.79 Å². The molecule has 0 saturated carbocycles. The van der Waals surface area contributed by atoms with Crippen LogP contribution < -0.4 is 5.32 Å². The minimum Gasteiger partial charge on any atom is -0.355 e. The number of hydrogen-bond donors (Lipinski definition) is 1. The molecule has 0 aliphatic heterocycles. The fourth-order valence-electron chi connectivity index (χ4n) is 1.71. The van der Waals surface area contributed by atoms with Gasteiger partial charge in [0.05, 0.1) is 23.1 Å². The van der Waals surface area contributed by atoms with Crippen LogP contribution in [0.5, 0.6) is 0 Å². The second-order valence-corrected chi connectivity index (χ2v) is 3.97. The summed E-state index contributed by atoms with van der Waals surface area (Å²) >= 11 is 0. The fourth-order valence-corrected chi connectivity index (χ4v) is 1.71. The summed E-state index contributed by atoms with van der Waals surface area (Å²) in [7, 11) is 1.62. The quantitative estimate of drug-likeness (QED) is 0.854. The van der Waals surface area contributed by atoms with E-state index < -0.39 is 0 Å². The molecular formula is C13H15N3O. The van der Waals surface area contributed by atoms with E-state index >= 15 is 0 Å². The van der Waals surface area contributed by atoms with Crippen LogP contribution in [0.15, 0.2) is 30.5 Å². The minimum absolute atomic E-state index is 0.110. The van der Waals surface area contributed by atoms with E-state index in [0.29, 0.717) is 5.56 Å². The van der Waals surface area contributed by atoms with Gasteiger partial charge in [0.15, 0.2) is 0 Å². The van der Waals surface area contributed by atoms with Crippen molar-refractivity contribution in [3.05, 3.63) is 47.3 Å². The van der Waals surface area contributed by atoms with Gasteiger partial charge in [-0.15, -0.1) is 0 Å². The van der Waals surface area contributed by atoms with Gasteiger partial charge in [-0.1, -0.05) is 17.7 Å². The highest BCUT2D eigenvalue weighted by molar-refractivity contribution is 5.94. The molecule has 0 spiro atoms. The van der Waals surface area contributed by atoms with Gasteiger partial charge in [0, 0.05) is 7.05 Å². The molecular weight excluding hydrogens is 214 g/mol. The predicted octanol–water partition coefficient (Wildman–Crippen LogP) is 1.85. The number of aryl methyl sites for hydroxylation is 1. The summed E-state index contributed by atoms with van der Waals surface area (Å²) in [4.78, 5) is 11.6. The van der Waals surface area contributed by atoms with Gasteiger partial charge in [-0.2, -0.15) is 5.10 Å². The highest BCUT2D eigenvalue weighted by atomic mass is 16.1. The number of amides is 1. The molecule has 88 valence electrons. The van der Waals surface area contributed by atoms with Crippen molar-refractivity contribution >= 4 is 5.91 Å². The first-order valence-electron chi connectivity index (χ1n) is 5.47. The van der Waals surface area contributed by atoms with Crippen molar-refractivity contribution in [2.75, 3.05) is 7.05 Å². The lowest BCUT2D eigenvalue weighted by atomic mass is 10.2. The second kappa shape index (κ2) is 4.41. The third kappa shape index (κ3) is 2.06. The van der Waals surface area contributed by atoms with Crippen LogP contribution in [0.2, 0.25) is 0 Å². The summed E-state index contributed by atoms with van der Waals surface area (Å²) < 4.78 is 1.77. The molecule has 4 nitrogen and oxygen atoms in total. The van der Waals surface area contributed by atoms with Crippen LogP contribution in [0.1, 0.15) is 21.6 Å². The van der Waals surface area contributed by atoms with E-state index in [1.807, 2.05) is 38.1 Å². The van der Waals surface area contributed by atoms with Crippen LogP contribution in [-0.4, -0.2) is 22.7 Å². The Bertz CT molecular complexity index is 540. The molecule has 0 saturated heterocycles. The molecule has 0 fully saturated rings. The van der Waals surface area contributed by atoms with E-state index in [-0.39, 0.29) is 5.91 Å². The molecule has 0 aliphatic rings. The van der Waals surface area contributed by atoms with Crippen molar-refractivity contribution in [3.8, 4) is 5.69 Å². The number of hydrogen-bond acceptors (Lipinski definition) is 2. The number of nitrogens with one attached hydrogen (secondary N) is 1. The first kappa shape index (κ1) is 11.4. The van der Waals surface area contributed by atoms with Crippen LogP contribution >= 0.6 is 0 Å². The maximum Gasteiger partial charge on any atom is 0.254 e. The monoisotopic (exact) mass is 229 g/mol. The number of carbonyl (C=O) groups excluding carboxylic acids is 1. The van der Waals surface area contributed by atoms with E-state index in [4.69, 9.17) is 0 Å². The second-order valence-electron chi connectivity index (χ2n) is 3.97. The van der Waals surface area contributed by atoms with E-state index in [1.54, 1.807) is 17.9 Å². The average molecular weight is 229 g/mol. The number of benzene rings is 1. The topological polar surface area (TPSA) is 46.9 Å². The van der Waals surface area contributed by atoms with E-state index in [1.165, 1.54) is 5.56 Å². The van der Waals surface area contributed by atoms with Gasteiger partial charge in [0.1, 0.15) is 0 Å². The summed E-state index contributed by atoms with van der Waals surface area (Å²) in [5.74, 6) is -0.110. The average Bonchev–Trinajstić information content (AvgIpc) is 2.71. The van der Waals surface area contributed by atoms with Gasteiger partial charge >= 0.3 is 0 Å². The lowest BCUT2D eigenvalue weighted by Gasteiger charge is -2.05. The maximum atomic E-state index is 11.6. The Balaban J connectivity index is 2.44. The van der Waals surface area contributed by atoms with Gasteiger partial charge < -0.3 is 5.32 Å². The Labute approximate surface area is 100 Å². The Hall–Kier alpha value is -2.10. The zero-order chi connectivity index (χ0) is 12.4. The molecule has 2 aromatic rings. The molecule has 1 amide bonds. The molecule has 17 heavy (non-hydrogen) atoms. The van der Waals surface area contributed by atoms with Crippen LogP contribution in [0, 0.1) is 13.8 Å². The lowest BCUT2D eigenvalue weighted by molar-refractivity contribution is 0.0962. The lowest BCUT2D eigenvalue weighted by Crippen LogP contribution is -2.18. The van der Waals surface area contributed by atoms with Crippen LogP contribution in [-0.2, 0) is 0 Å². The SMILES string of the molecule is CNC(=O)c1cnn(-c2ccc(C)cc2)c1C. The van der Waals surface area contributed by atoms with Crippen molar-refractivity contribution in [3.63, 3.8) is 0 Å². The highest BCUT2D eigenvalue weighted by Gasteiger charge is 2.13. The Kier molecular flexibility index (Phi) is 2.95. The molecule has 1 aromatic heterocycles. The van der Waals surface area contributed by atoms with Crippen molar-refractivity contribution in [1.29, 1.82) is 0 Å². The van der Waals surface area contributed by atoms with Crippen LogP contribution in [0.25, 0.3) is 5.69 Å². The molecule has 0 bridgehead atoms. The first-order chi connectivity index (χ1) is 8.13. The van der Waals surface area contributed by atoms with Crippen molar-refractivity contribution in [2.45, 2.75) is 13.8 Å². The standard InChI is InChI=1S/C13H15N3O/c1-9-4-6-11(7-5-9)16-10(2)12(8-15-16)13(17)14-3/h4-8H,1-3H3,(H,14,17). The third-order valence-corrected chi connectivity index (χ3v) is 2.76. The van der Waals surface area contributed by atoms with Gasteiger partial charge in [-0.3, -0.25) is 4.79 Å². The molecule has 1 aromatic carbocycles. The molecule has 0 aliphatic carbocycles. The third-order valence-electron chi connectivity index (χ3n) is 2.76. The number of carbonyl (C=O) groups is 1. The molecule has 0 atom stereocenters. The zero-order valence-corrected chi connectivity index (χ0v) is 10.2. The van der Waals surface area contributed by atoms with Gasteiger partial charge in [-0.05, 0) is 26.0 Å². The molecule has 4 heteroatoms. The summed E-state index contributed by atoms with van der Waals surface area (Å²) in [6.07, 6.45) is 1.59. The van der Waals surface area contributed by atoms with Crippen molar-refractivity contribution in [2.24, 2.45) is 0 Å². The number of nitrogens with zero attached hydrogens (tertiary/aromatic N) is 2. The molecule has 0 unspecified atom stereocenters. The molecule has 0 radical (unpaired) electrons. The predicted molar refractivity (Wildman–Crippen MR) is 66.4 cm³/mol. The Morgan fingerprint density at radius 2 is 1.88 bits per heavy atom. The van der Waals surface area contributed by atoms with E-state index in [2.05, 4.69) is 10.4 Å². The normalized spacial score (nSPS) is 10.3. The minimum atomic E-state index is -0.110. The van der Waals surface area contributed by atoms with Crippen molar-refractivity contribution in [1.82, 2.24) is 15.1 Å². The summed E-state index contributed by atoms with van der Waals surface area (Å²) in [5, 5.41) is 6.84.